The van der Waals surface area contributed by atoms with Crippen molar-refractivity contribution in [2.45, 2.75) is 40.7 Å². The second kappa shape index (κ2) is 12.1. The first-order chi connectivity index (χ1) is 14.0. The van der Waals surface area contributed by atoms with Gasteiger partial charge in [-0.1, -0.05) is 19.1 Å². The lowest BCUT2D eigenvalue weighted by Crippen LogP contribution is -2.41. The molecule has 0 spiro atoms. The molecule has 8 heteroatoms. The van der Waals surface area contributed by atoms with Crippen LogP contribution in [0.5, 0.6) is 5.75 Å². The highest BCUT2D eigenvalue weighted by Gasteiger charge is 2.10. The number of rotatable bonds is 10. The molecule has 0 atom stereocenters. The van der Waals surface area contributed by atoms with Crippen LogP contribution in [0.15, 0.2) is 28.7 Å². The quantitative estimate of drug-likeness (QED) is 0.314. The van der Waals surface area contributed by atoms with Gasteiger partial charge in [-0.3, -0.25) is 4.79 Å². The summed E-state index contributed by atoms with van der Waals surface area (Å²) in [5.41, 5.74) is 4.66. The third-order valence-electron chi connectivity index (χ3n) is 4.09. The number of amides is 1. The second-order valence-corrected chi connectivity index (χ2v) is 7.46. The third-order valence-corrected chi connectivity index (χ3v) is 5.02. The maximum absolute atomic E-state index is 12.1. The number of hydrogen-bond acceptors (Lipinski definition) is 5. The van der Waals surface area contributed by atoms with Gasteiger partial charge < -0.3 is 20.7 Å². The number of carbonyl (C=O) groups excluding carboxylic acids is 1. The van der Waals surface area contributed by atoms with Crippen molar-refractivity contribution in [3.05, 3.63) is 45.4 Å². The minimum Gasteiger partial charge on any atom is -0.493 e. The van der Waals surface area contributed by atoms with Crippen LogP contribution in [-0.2, 0) is 6.54 Å². The monoisotopic (exact) mass is 417 g/mol. The summed E-state index contributed by atoms with van der Waals surface area (Å²) in [7, 11) is 0. The molecule has 0 aliphatic rings. The molecule has 0 radical (unpaired) electrons. The van der Waals surface area contributed by atoms with E-state index in [1.165, 1.54) is 16.9 Å². The molecule has 0 saturated carbocycles. The van der Waals surface area contributed by atoms with Crippen LogP contribution in [0.1, 0.15) is 46.8 Å². The number of benzene rings is 1. The Bertz CT molecular complexity index is 819. The lowest BCUT2D eigenvalue weighted by Gasteiger charge is -2.13. The summed E-state index contributed by atoms with van der Waals surface area (Å²) in [6, 6.07) is 6.18. The Morgan fingerprint density at radius 3 is 2.66 bits per heavy atom. The maximum Gasteiger partial charge on any atom is 0.263 e. The van der Waals surface area contributed by atoms with Crippen LogP contribution in [0.2, 0.25) is 0 Å². The van der Waals surface area contributed by atoms with Gasteiger partial charge in [-0.2, -0.15) is 0 Å². The van der Waals surface area contributed by atoms with Crippen LogP contribution in [0, 0.1) is 13.8 Å². The Morgan fingerprint density at radius 1 is 1.17 bits per heavy atom. The van der Waals surface area contributed by atoms with E-state index < -0.39 is 0 Å². The first kappa shape index (κ1) is 22.7. The maximum atomic E-state index is 12.1. The van der Waals surface area contributed by atoms with Gasteiger partial charge in [-0.15, -0.1) is 11.3 Å². The first-order valence-corrected chi connectivity index (χ1v) is 10.9. The van der Waals surface area contributed by atoms with E-state index in [1.54, 1.807) is 5.51 Å². The summed E-state index contributed by atoms with van der Waals surface area (Å²) in [6.45, 7) is 11.0. The van der Waals surface area contributed by atoms with Gasteiger partial charge >= 0.3 is 0 Å². The Kier molecular flexibility index (Phi) is 9.43. The summed E-state index contributed by atoms with van der Waals surface area (Å²) in [6.07, 6.45) is 0.966. The average molecular weight is 418 g/mol. The molecule has 3 N–H and O–H groups in total. The number of aryl methyl sites for hydroxylation is 2. The van der Waals surface area contributed by atoms with Gasteiger partial charge in [-0.05, 0) is 38.8 Å². The van der Waals surface area contributed by atoms with Crippen molar-refractivity contribution < 1.29 is 9.53 Å². The molecule has 1 aromatic carbocycles. The van der Waals surface area contributed by atoms with Gasteiger partial charge in [0.15, 0.2) is 5.96 Å². The smallest absolute Gasteiger partial charge is 0.263 e. The molecule has 2 rings (SSSR count). The van der Waals surface area contributed by atoms with Gasteiger partial charge in [0, 0.05) is 25.2 Å². The molecule has 1 heterocycles. The highest BCUT2D eigenvalue weighted by Crippen LogP contribution is 2.21. The van der Waals surface area contributed by atoms with Crippen molar-refractivity contribution in [1.82, 2.24) is 20.9 Å². The van der Waals surface area contributed by atoms with E-state index in [2.05, 4.69) is 58.0 Å². The molecule has 158 valence electrons. The fraction of sp³-hybridized carbons (Fsp3) is 0.476. The Hall–Kier alpha value is -2.61. The van der Waals surface area contributed by atoms with E-state index in [9.17, 15) is 4.79 Å². The number of ether oxygens (including phenoxy) is 1. The summed E-state index contributed by atoms with van der Waals surface area (Å²) < 4.78 is 5.87. The van der Waals surface area contributed by atoms with Crippen molar-refractivity contribution in [1.29, 1.82) is 0 Å². The molecular weight excluding hydrogens is 386 g/mol. The molecule has 0 bridgehead atoms. The Balaban J connectivity index is 1.89. The SMILES string of the molecule is CCCOc1cc(C)ccc1CN=C(NCC)NCCNC(=O)c1scnc1C. The lowest BCUT2D eigenvalue weighted by molar-refractivity contribution is 0.0957. The number of guanidine groups is 1. The topological polar surface area (TPSA) is 87.6 Å². The third kappa shape index (κ3) is 7.38. The summed E-state index contributed by atoms with van der Waals surface area (Å²) in [4.78, 5) is 21.5. The summed E-state index contributed by atoms with van der Waals surface area (Å²) in [5, 5.41) is 9.38. The average Bonchev–Trinajstić information content (AvgIpc) is 3.14. The fourth-order valence-corrected chi connectivity index (χ4v) is 3.32. The van der Waals surface area contributed by atoms with Gasteiger partial charge in [0.25, 0.3) is 5.91 Å². The van der Waals surface area contributed by atoms with Crippen LogP contribution in [0.4, 0.5) is 0 Å². The van der Waals surface area contributed by atoms with Crippen molar-refractivity contribution in [2.24, 2.45) is 4.99 Å². The van der Waals surface area contributed by atoms with Crippen LogP contribution < -0.4 is 20.7 Å². The number of carbonyl (C=O) groups is 1. The highest BCUT2D eigenvalue weighted by molar-refractivity contribution is 7.11. The molecule has 7 nitrogen and oxygen atoms in total. The Labute approximate surface area is 177 Å². The van der Waals surface area contributed by atoms with Crippen LogP contribution in [0.3, 0.4) is 0 Å². The molecule has 29 heavy (non-hydrogen) atoms. The van der Waals surface area contributed by atoms with Gasteiger partial charge in [0.1, 0.15) is 10.6 Å². The molecule has 0 unspecified atom stereocenters. The van der Waals surface area contributed by atoms with Crippen molar-refractivity contribution in [3.63, 3.8) is 0 Å². The number of nitrogens with one attached hydrogen (secondary N) is 3. The van der Waals surface area contributed by atoms with Crippen LogP contribution >= 0.6 is 11.3 Å². The number of nitrogens with zero attached hydrogens (tertiary/aromatic N) is 2. The minimum atomic E-state index is -0.0916. The van der Waals surface area contributed by atoms with E-state index in [1.807, 2.05) is 13.8 Å². The van der Waals surface area contributed by atoms with Gasteiger partial charge in [0.2, 0.25) is 0 Å². The largest absolute Gasteiger partial charge is 0.493 e. The zero-order chi connectivity index (χ0) is 21.1. The van der Waals surface area contributed by atoms with Crippen molar-refractivity contribution >= 4 is 23.2 Å². The van der Waals surface area contributed by atoms with Crippen molar-refractivity contribution in [2.75, 3.05) is 26.2 Å². The van der Waals surface area contributed by atoms with E-state index in [-0.39, 0.29) is 5.91 Å². The Morgan fingerprint density at radius 2 is 1.97 bits per heavy atom. The molecule has 0 fully saturated rings. The molecule has 1 aromatic heterocycles. The summed E-state index contributed by atoms with van der Waals surface area (Å²) >= 11 is 1.35. The molecule has 0 saturated heterocycles. The molecule has 2 aromatic rings. The molecule has 0 aliphatic carbocycles. The zero-order valence-electron chi connectivity index (χ0n) is 17.7. The lowest BCUT2D eigenvalue weighted by atomic mass is 10.1. The molecule has 1 amide bonds. The second-order valence-electron chi connectivity index (χ2n) is 6.60. The minimum absolute atomic E-state index is 0.0916. The summed E-state index contributed by atoms with van der Waals surface area (Å²) in [5.74, 6) is 1.50. The zero-order valence-corrected chi connectivity index (χ0v) is 18.5. The first-order valence-electron chi connectivity index (χ1n) is 9.97. The van der Waals surface area contributed by atoms with Gasteiger partial charge in [-0.25, -0.2) is 9.98 Å². The van der Waals surface area contributed by atoms with E-state index >= 15 is 0 Å². The van der Waals surface area contributed by atoms with Crippen LogP contribution in [0.25, 0.3) is 0 Å². The number of aromatic nitrogens is 1. The number of aliphatic imine (C=N–C) groups is 1. The van der Waals surface area contributed by atoms with E-state index in [0.29, 0.717) is 37.1 Å². The number of thiazole rings is 1. The normalized spacial score (nSPS) is 11.2. The van der Waals surface area contributed by atoms with Crippen LogP contribution in [-0.4, -0.2) is 43.1 Å². The van der Waals surface area contributed by atoms with Gasteiger partial charge in [0.05, 0.1) is 24.4 Å². The number of hydrogen-bond donors (Lipinski definition) is 3. The molecule has 0 aliphatic heterocycles. The van der Waals surface area contributed by atoms with Crippen molar-refractivity contribution in [3.8, 4) is 5.75 Å². The molecular formula is C21H31N5O2S. The predicted octanol–water partition coefficient (Wildman–Crippen LogP) is 3.03. The highest BCUT2D eigenvalue weighted by atomic mass is 32.1. The fourth-order valence-electron chi connectivity index (χ4n) is 2.60. The van der Waals surface area contributed by atoms with E-state index in [4.69, 9.17) is 4.74 Å². The van der Waals surface area contributed by atoms with E-state index in [0.717, 1.165) is 30.0 Å². The predicted molar refractivity (Wildman–Crippen MR) is 119 cm³/mol. The standard InChI is InChI=1S/C21H31N5O2S/c1-5-11-28-18-12-15(3)7-8-17(18)13-25-21(22-6-2)24-10-9-23-20(27)19-16(4)26-14-29-19/h7-8,12,14H,5-6,9-11,13H2,1-4H3,(H,23,27)(H2,22,24,25).